The number of hydrogen-bond donors (Lipinski definition) is 3. The zero-order valence-corrected chi connectivity index (χ0v) is 17.1. The molecule has 2 atom stereocenters. The van der Waals surface area contributed by atoms with Crippen molar-refractivity contribution in [3.8, 4) is 11.1 Å². The van der Waals surface area contributed by atoms with Gasteiger partial charge in [-0.2, -0.15) is 0 Å². The van der Waals surface area contributed by atoms with Crippen molar-refractivity contribution in [1.82, 2.24) is 10.6 Å². The molecule has 30 heavy (non-hydrogen) atoms. The molecule has 0 bridgehead atoms. The standard InChI is InChI=1S/C23H26N2O5/c1-3-20(22(27)28)25-21(26)12-14(2)24-23(29)30-13-19-17-10-6-4-8-15(17)16-9-5-7-11-18(16)19/h4-11,14,19-20H,3,12-13H2,1-2H3,(H,24,29)(H,25,26)(H,27,28)/t14?,20-/m1/s1. The van der Waals surface area contributed by atoms with Gasteiger partial charge in [0.1, 0.15) is 12.6 Å². The van der Waals surface area contributed by atoms with Crippen LogP contribution in [0.3, 0.4) is 0 Å². The summed E-state index contributed by atoms with van der Waals surface area (Å²) in [6.07, 6.45) is -0.356. The molecule has 0 radical (unpaired) electrons. The van der Waals surface area contributed by atoms with Crippen molar-refractivity contribution in [1.29, 1.82) is 0 Å². The molecule has 2 aromatic carbocycles. The van der Waals surface area contributed by atoms with Crippen molar-refractivity contribution in [2.75, 3.05) is 6.61 Å². The van der Waals surface area contributed by atoms with Crippen LogP contribution in [-0.4, -0.2) is 41.8 Å². The first-order valence-corrected chi connectivity index (χ1v) is 10.0. The van der Waals surface area contributed by atoms with Gasteiger partial charge in [-0.3, -0.25) is 4.79 Å². The first-order valence-electron chi connectivity index (χ1n) is 10.0. The van der Waals surface area contributed by atoms with Crippen molar-refractivity contribution >= 4 is 18.0 Å². The largest absolute Gasteiger partial charge is 0.480 e. The van der Waals surface area contributed by atoms with Gasteiger partial charge in [-0.1, -0.05) is 55.5 Å². The molecule has 158 valence electrons. The quantitative estimate of drug-likeness (QED) is 0.619. The fourth-order valence-electron chi connectivity index (χ4n) is 3.76. The minimum absolute atomic E-state index is 0.0338. The zero-order chi connectivity index (χ0) is 21.7. The lowest BCUT2D eigenvalue weighted by Gasteiger charge is -2.18. The maximum Gasteiger partial charge on any atom is 0.407 e. The second-order valence-corrected chi connectivity index (χ2v) is 7.44. The summed E-state index contributed by atoms with van der Waals surface area (Å²) in [6, 6.07) is 14.7. The second-order valence-electron chi connectivity index (χ2n) is 7.44. The molecule has 0 aromatic heterocycles. The van der Waals surface area contributed by atoms with Gasteiger partial charge >= 0.3 is 12.1 Å². The second kappa shape index (κ2) is 9.43. The van der Waals surface area contributed by atoms with E-state index in [0.29, 0.717) is 0 Å². The Morgan fingerprint density at radius 2 is 1.57 bits per heavy atom. The van der Waals surface area contributed by atoms with Crippen molar-refractivity contribution < 1.29 is 24.2 Å². The summed E-state index contributed by atoms with van der Waals surface area (Å²) in [4.78, 5) is 35.2. The van der Waals surface area contributed by atoms with E-state index in [1.54, 1.807) is 13.8 Å². The maximum atomic E-state index is 12.2. The fourth-order valence-corrected chi connectivity index (χ4v) is 3.76. The van der Waals surface area contributed by atoms with Crippen LogP contribution < -0.4 is 10.6 Å². The minimum atomic E-state index is -1.08. The van der Waals surface area contributed by atoms with E-state index in [2.05, 4.69) is 22.8 Å². The van der Waals surface area contributed by atoms with Gasteiger partial charge in [-0.25, -0.2) is 9.59 Å². The van der Waals surface area contributed by atoms with Crippen LogP contribution in [0.1, 0.15) is 43.7 Å². The van der Waals surface area contributed by atoms with Crippen molar-refractivity contribution in [3.63, 3.8) is 0 Å². The molecule has 1 aliphatic carbocycles. The Morgan fingerprint density at radius 3 is 2.10 bits per heavy atom. The zero-order valence-electron chi connectivity index (χ0n) is 17.1. The molecule has 0 aliphatic heterocycles. The molecule has 2 aromatic rings. The highest BCUT2D eigenvalue weighted by Crippen LogP contribution is 2.44. The van der Waals surface area contributed by atoms with Crippen molar-refractivity contribution in [3.05, 3.63) is 59.7 Å². The first-order chi connectivity index (χ1) is 14.4. The summed E-state index contributed by atoms with van der Waals surface area (Å²) < 4.78 is 5.46. The number of ether oxygens (including phenoxy) is 1. The van der Waals surface area contributed by atoms with Crippen LogP contribution >= 0.6 is 0 Å². The number of fused-ring (bicyclic) bond motifs is 3. The third-order valence-electron chi connectivity index (χ3n) is 5.24. The Hall–Kier alpha value is -3.35. The summed E-state index contributed by atoms with van der Waals surface area (Å²) in [6.45, 7) is 3.54. The topological polar surface area (TPSA) is 105 Å². The average Bonchev–Trinajstić information content (AvgIpc) is 3.04. The van der Waals surface area contributed by atoms with Crippen LogP contribution in [0.5, 0.6) is 0 Å². The number of carbonyl (C=O) groups is 3. The number of carboxylic acid groups (broad SMARTS) is 1. The fraction of sp³-hybridized carbons (Fsp3) is 0.348. The normalized spacial score (nSPS) is 14.2. The molecule has 1 unspecified atom stereocenters. The van der Waals surface area contributed by atoms with Gasteiger partial charge in [-0.15, -0.1) is 0 Å². The number of nitrogens with one attached hydrogen (secondary N) is 2. The Balaban J connectivity index is 1.54. The number of alkyl carbamates (subject to hydrolysis) is 1. The predicted octanol–water partition coefficient (Wildman–Crippen LogP) is 3.28. The molecule has 3 rings (SSSR count). The summed E-state index contributed by atoms with van der Waals surface area (Å²) in [5.74, 6) is -1.55. The SMILES string of the molecule is CC[C@@H](NC(=O)CC(C)NC(=O)OCC1c2ccccc2-c2ccccc21)C(=O)O. The van der Waals surface area contributed by atoms with Gasteiger partial charge in [0.05, 0.1) is 0 Å². The highest BCUT2D eigenvalue weighted by Gasteiger charge is 2.29. The van der Waals surface area contributed by atoms with E-state index in [-0.39, 0.29) is 25.4 Å². The number of carbonyl (C=O) groups excluding carboxylic acids is 2. The van der Waals surface area contributed by atoms with E-state index in [9.17, 15) is 14.4 Å². The third-order valence-corrected chi connectivity index (χ3v) is 5.24. The number of carboxylic acids is 1. The third kappa shape index (κ3) is 4.79. The highest BCUT2D eigenvalue weighted by molar-refractivity contribution is 5.84. The lowest BCUT2D eigenvalue weighted by molar-refractivity contribution is -0.142. The minimum Gasteiger partial charge on any atom is -0.480 e. The van der Waals surface area contributed by atoms with Gasteiger partial charge in [0.25, 0.3) is 0 Å². The molecular formula is C23H26N2O5. The number of hydrogen-bond acceptors (Lipinski definition) is 4. The Kier molecular flexibility index (Phi) is 6.72. The number of amides is 2. The number of benzene rings is 2. The predicted molar refractivity (Wildman–Crippen MR) is 112 cm³/mol. The van der Waals surface area contributed by atoms with E-state index in [1.165, 1.54) is 0 Å². The summed E-state index contributed by atoms with van der Waals surface area (Å²) >= 11 is 0. The lowest BCUT2D eigenvalue weighted by Crippen LogP contribution is -2.43. The van der Waals surface area contributed by atoms with Gasteiger partial charge in [0.15, 0.2) is 0 Å². The number of rotatable bonds is 8. The molecular weight excluding hydrogens is 384 g/mol. The van der Waals surface area contributed by atoms with Crippen LogP contribution in [0.2, 0.25) is 0 Å². The Bertz CT molecular complexity index is 897. The van der Waals surface area contributed by atoms with Crippen molar-refractivity contribution in [2.45, 2.75) is 44.7 Å². The van der Waals surface area contributed by atoms with E-state index in [4.69, 9.17) is 9.84 Å². The summed E-state index contributed by atoms with van der Waals surface area (Å²) in [7, 11) is 0. The summed E-state index contributed by atoms with van der Waals surface area (Å²) in [5, 5.41) is 14.1. The molecule has 0 fully saturated rings. The first kappa shape index (κ1) is 21.4. The molecule has 0 spiro atoms. The molecule has 2 amide bonds. The smallest absolute Gasteiger partial charge is 0.407 e. The van der Waals surface area contributed by atoms with E-state index < -0.39 is 30.1 Å². The van der Waals surface area contributed by atoms with Crippen LogP contribution in [-0.2, 0) is 14.3 Å². The van der Waals surface area contributed by atoms with Crippen LogP contribution in [0, 0.1) is 0 Å². The number of aliphatic carboxylic acids is 1. The molecule has 0 saturated carbocycles. The maximum absolute atomic E-state index is 12.2. The van der Waals surface area contributed by atoms with Crippen LogP contribution in [0.25, 0.3) is 11.1 Å². The van der Waals surface area contributed by atoms with E-state index >= 15 is 0 Å². The molecule has 1 aliphatic rings. The monoisotopic (exact) mass is 410 g/mol. The van der Waals surface area contributed by atoms with Crippen LogP contribution in [0.4, 0.5) is 4.79 Å². The Morgan fingerprint density at radius 1 is 1.00 bits per heavy atom. The molecule has 7 nitrogen and oxygen atoms in total. The van der Waals surface area contributed by atoms with Gasteiger partial charge in [0, 0.05) is 18.4 Å². The lowest BCUT2D eigenvalue weighted by atomic mass is 9.98. The molecule has 3 N–H and O–H groups in total. The highest BCUT2D eigenvalue weighted by atomic mass is 16.5. The Labute approximate surface area is 175 Å². The van der Waals surface area contributed by atoms with Gasteiger partial charge < -0.3 is 20.5 Å². The van der Waals surface area contributed by atoms with Crippen LogP contribution in [0.15, 0.2) is 48.5 Å². The molecule has 0 heterocycles. The van der Waals surface area contributed by atoms with E-state index in [1.807, 2.05) is 36.4 Å². The van der Waals surface area contributed by atoms with Gasteiger partial charge in [-0.05, 0) is 35.6 Å². The summed E-state index contributed by atoms with van der Waals surface area (Å²) in [5.41, 5.74) is 4.54. The average molecular weight is 410 g/mol. The van der Waals surface area contributed by atoms with Gasteiger partial charge in [0.2, 0.25) is 5.91 Å². The van der Waals surface area contributed by atoms with E-state index in [0.717, 1.165) is 22.3 Å². The van der Waals surface area contributed by atoms with Crippen molar-refractivity contribution in [2.24, 2.45) is 0 Å². The molecule has 7 heteroatoms. The molecule has 0 saturated heterocycles.